The van der Waals surface area contributed by atoms with Crippen molar-refractivity contribution in [2.24, 2.45) is 22.7 Å². The van der Waals surface area contributed by atoms with E-state index in [9.17, 15) is 18.0 Å². The molecule has 21 heavy (non-hydrogen) atoms. The molecule has 0 aliphatic carbocycles. The predicted octanol–water partition coefficient (Wildman–Crippen LogP) is 2.06. The molecular formula is C12H15F3N4O2. The lowest BCUT2D eigenvalue weighted by molar-refractivity contribution is -0.141. The minimum atomic E-state index is -4.54. The van der Waals surface area contributed by atoms with Crippen LogP contribution in [-0.2, 0) is 11.0 Å². The third-order valence-electron chi connectivity index (χ3n) is 2.70. The fraction of sp³-hybridized carbons (Fsp3) is 0.417. The number of anilines is 1. The quantitative estimate of drug-likeness (QED) is 0.343. The maximum Gasteiger partial charge on any atom is 0.433 e. The topological polar surface area (TPSA) is 101 Å². The maximum absolute atomic E-state index is 12.4. The Labute approximate surface area is 118 Å². The Morgan fingerprint density at radius 2 is 2.05 bits per heavy atom. The average Bonchev–Trinajstić information content (AvgIpc) is 2.37. The highest BCUT2D eigenvalue weighted by Gasteiger charge is 2.32. The molecule has 1 aromatic heterocycles. The number of rotatable bonds is 4. The number of amides is 1. The van der Waals surface area contributed by atoms with E-state index < -0.39 is 23.7 Å². The first-order valence-corrected chi connectivity index (χ1v) is 5.98. The van der Waals surface area contributed by atoms with Gasteiger partial charge < -0.3 is 16.3 Å². The van der Waals surface area contributed by atoms with Crippen molar-refractivity contribution in [2.75, 3.05) is 5.32 Å². The summed E-state index contributed by atoms with van der Waals surface area (Å²) in [5, 5.41) is 13.8. The molecule has 1 heterocycles. The number of alkyl halides is 3. The lowest BCUT2D eigenvalue weighted by Crippen LogP contribution is -2.38. The van der Waals surface area contributed by atoms with Crippen LogP contribution in [0.4, 0.5) is 18.9 Å². The van der Waals surface area contributed by atoms with Gasteiger partial charge in [0.2, 0.25) is 5.91 Å². The van der Waals surface area contributed by atoms with E-state index in [0.29, 0.717) is 0 Å². The van der Waals surface area contributed by atoms with E-state index in [4.69, 9.17) is 10.9 Å². The summed E-state index contributed by atoms with van der Waals surface area (Å²) < 4.78 is 37.1. The number of nitrogens with two attached hydrogens (primary N) is 1. The number of carbonyl (C=O) groups excluding carboxylic acids is 1. The molecule has 0 bridgehead atoms. The van der Waals surface area contributed by atoms with Gasteiger partial charge in [0.25, 0.3) is 0 Å². The zero-order chi connectivity index (χ0) is 16.2. The number of hydrogen-bond donors (Lipinski definition) is 3. The predicted molar refractivity (Wildman–Crippen MR) is 69.6 cm³/mol. The second-order valence-electron chi connectivity index (χ2n) is 4.67. The summed E-state index contributed by atoms with van der Waals surface area (Å²) in [4.78, 5) is 15.2. The van der Waals surface area contributed by atoms with Crippen LogP contribution in [0.2, 0.25) is 0 Å². The fourth-order valence-corrected chi connectivity index (χ4v) is 1.70. The molecule has 0 saturated carbocycles. The molecule has 0 saturated heterocycles. The van der Waals surface area contributed by atoms with E-state index in [1.165, 1.54) is 0 Å². The highest BCUT2D eigenvalue weighted by Crippen LogP contribution is 2.27. The van der Waals surface area contributed by atoms with E-state index in [0.717, 1.165) is 18.3 Å². The molecule has 1 atom stereocenters. The monoisotopic (exact) mass is 304 g/mol. The average molecular weight is 304 g/mol. The minimum Gasteiger partial charge on any atom is -0.409 e. The van der Waals surface area contributed by atoms with Crippen molar-refractivity contribution in [1.29, 1.82) is 0 Å². The van der Waals surface area contributed by atoms with Gasteiger partial charge >= 0.3 is 6.18 Å². The molecular weight excluding hydrogens is 289 g/mol. The van der Waals surface area contributed by atoms with Crippen LogP contribution in [-0.4, -0.2) is 21.9 Å². The number of hydrogen-bond acceptors (Lipinski definition) is 4. The molecule has 116 valence electrons. The van der Waals surface area contributed by atoms with Gasteiger partial charge in [-0.2, -0.15) is 13.2 Å². The molecule has 1 amide bonds. The third-order valence-corrected chi connectivity index (χ3v) is 2.70. The van der Waals surface area contributed by atoms with Crippen molar-refractivity contribution < 1.29 is 23.2 Å². The van der Waals surface area contributed by atoms with Gasteiger partial charge in [0.1, 0.15) is 11.6 Å². The van der Waals surface area contributed by atoms with E-state index in [1.807, 2.05) is 0 Å². The van der Waals surface area contributed by atoms with Crippen LogP contribution in [0.3, 0.4) is 0 Å². The zero-order valence-corrected chi connectivity index (χ0v) is 11.3. The van der Waals surface area contributed by atoms with E-state index in [1.54, 1.807) is 13.8 Å². The lowest BCUT2D eigenvalue weighted by Gasteiger charge is -2.18. The first kappa shape index (κ1) is 16.7. The van der Waals surface area contributed by atoms with Crippen LogP contribution in [0.5, 0.6) is 0 Å². The van der Waals surface area contributed by atoms with Crippen molar-refractivity contribution in [1.82, 2.24) is 4.98 Å². The fourth-order valence-electron chi connectivity index (χ4n) is 1.70. The molecule has 1 unspecified atom stereocenters. The molecule has 0 aromatic carbocycles. The number of nitrogens with zero attached hydrogens (tertiary/aromatic N) is 2. The van der Waals surface area contributed by atoms with Crippen LogP contribution in [0, 0.1) is 11.8 Å². The molecule has 0 aliphatic heterocycles. The van der Waals surface area contributed by atoms with Crippen molar-refractivity contribution in [3.63, 3.8) is 0 Å². The summed E-state index contributed by atoms with van der Waals surface area (Å²) in [7, 11) is 0. The van der Waals surface area contributed by atoms with Crippen molar-refractivity contribution in [3.8, 4) is 0 Å². The smallest absolute Gasteiger partial charge is 0.409 e. The molecule has 4 N–H and O–H groups in total. The second-order valence-corrected chi connectivity index (χ2v) is 4.67. The second kappa shape index (κ2) is 6.42. The van der Waals surface area contributed by atoms with Crippen LogP contribution in [0.25, 0.3) is 0 Å². The van der Waals surface area contributed by atoms with Crippen molar-refractivity contribution in [3.05, 3.63) is 24.0 Å². The number of carbonyl (C=O) groups is 1. The molecule has 1 rings (SSSR count). The molecule has 0 fully saturated rings. The molecule has 0 aliphatic rings. The van der Waals surface area contributed by atoms with E-state index in [2.05, 4.69) is 15.5 Å². The van der Waals surface area contributed by atoms with Gasteiger partial charge in [-0.15, -0.1) is 0 Å². The van der Waals surface area contributed by atoms with E-state index >= 15 is 0 Å². The highest BCUT2D eigenvalue weighted by atomic mass is 19.4. The van der Waals surface area contributed by atoms with Gasteiger partial charge in [0.15, 0.2) is 5.84 Å². The van der Waals surface area contributed by atoms with Crippen LogP contribution >= 0.6 is 0 Å². The number of halogens is 3. The number of oxime groups is 1. The summed E-state index contributed by atoms with van der Waals surface area (Å²) in [6, 6.07) is 1.83. The molecule has 1 aromatic rings. The van der Waals surface area contributed by atoms with Crippen LogP contribution < -0.4 is 11.1 Å². The van der Waals surface area contributed by atoms with Gasteiger partial charge in [-0.1, -0.05) is 19.0 Å². The third kappa shape index (κ3) is 4.33. The van der Waals surface area contributed by atoms with Crippen LogP contribution in [0.1, 0.15) is 19.5 Å². The summed E-state index contributed by atoms with van der Waals surface area (Å²) in [5.74, 6) is -2.04. The Morgan fingerprint density at radius 1 is 1.43 bits per heavy atom. The largest absolute Gasteiger partial charge is 0.433 e. The molecule has 0 spiro atoms. The maximum atomic E-state index is 12.4. The van der Waals surface area contributed by atoms with E-state index in [-0.39, 0.29) is 17.4 Å². The van der Waals surface area contributed by atoms with Gasteiger partial charge in [-0.3, -0.25) is 4.79 Å². The lowest BCUT2D eigenvalue weighted by atomic mass is 9.94. The normalized spacial score (nSPS) is 14.1. The number of nitrogens with one attached hydrogen (secondary N) is 1. The summed E-state index contributed by atoms with van der Waals surface area (Å²) >= 11 is 0. The SMILES string of the molecule is CC(C)C(C(=O)Nc1ccc(C(F)(F)F)nc1)/C(N)=N/O. The summed E-state index contributed by atoms with van der Waals surface area (Å²) in [5.41, 5.74) is 4.46. The zero-order valence-electron chi connectivity index (χ0n) is 11.3. The molecule has 0 radical (unpaired) electrons. The van der Waals surface area contributed by atoms with Crippen LogP contribution in [0.15, 0.2) is 23.5 Å². The van der Waals surface area contributed by atoms with Gasteiger partial charge in [-0.05, 0) is 18.1 Å². The molecule has 6 nitrogen and oxygen atoms in total. The summed E-state index contributed by atoms with van der Waals surface area (Å²) in [6.45, 7) is 3.38. The van der Waals surface area contributed by atoms with Crippen molar-refractivity contribution in [2.45, 2.75) is 20.0 Å². The van der Waals surface area contributed by atoms with Gasteiger partial charge in [0.05, 0.1) is 11.9 Å². The Hall–Kier alpha value is -2.32. The summed E-state index contributed by atoms with van der Waals surface area (Å²) in [6.07, 6.45) is -3.65. The number of aromatic nitrogens is 1. The van der Waals surface area contributed by atoms with Crippen molar-refractivity contribution >= 4 is 17.4 Å². The Balaban J connectivity index is 2.87. The minimum absolute atomic E-state index is 0.0874. The van der Waals surface area contributed by atoms with Gasteiger partial charge in [-0.25, -0.2) is 4.98 Å². The van der Waals surface area contributed by atoms with Gasteiger partial charge in [0, 0.05) is 0 Å². The highest BCUT2D eigenvalue weighted by molar-refractivity contribution is 6.07. The number of amidine groups is 1. The first-order valence-electron chi connectivity index (χ1n) is 5.98. The Bertz CT molecular complexity index is 526. The Kier molecular flexibility index (Phi) is 5.12. The first-order chi connectivity index (χ1) is 9.66. The molecule has 9 heteroatoms. The number of pyridine rings is 1. The Morgan fingerprint density at radius 3 is 2.43 bits per heavy atom. The standard InChI is InChI=1S/C12H15F3N4O2/c1-6(2)9(10(16)19-21)11(20)18-7-3-4-8(17-5-7)12(13,14)15/h3-6,9,21H,1-2H3,(H2,16,19)(H,18,20).